The molecule has 2 amide bonds. The molecule has 19 heavy (non-hydrogen) atoms. The van der Waals surface area contributed by atoms with E-state index in [4.69, 9.17) is 0 Å². The number of imide groups is 1. The van der Waals surface area contributed by atoms with Gasteiger partial charge in [0.25, 0.3) is 0 Å². The number of likely N-dealkylation sites (tertiary alicyclic amines) is 1. The quantitative estimate of drug-likeness (QED) is 0.691. The smallest absolute Gasteiger partial charge is 0.246 e. The summed E-state index contributed by atoms with van der Waals surface area (Å²) in [6, 6.07) is -0.121. The van der Waals surface area contributed by atoms with Crippen LogP contribution in [0.3, 0.4) is 0 Å². The van der Waals surface area contributed by atoms with Crippen LogP contribution in [0.15, 0.2) is 0 Å². The molecular formula is C14H27N3O2. The summed E-state index contributed by atoms with van der Waals surface area (Å²) in [5.41, 5.74) is 0. The minimum absolute atomic E-state index is 0.0447. The molecule has 1 fully saturated rings. The molecule has 5 heteroatoms. The second-order valence-electron chi connectivity index (χ2n) is 5.92. The van der Waals surface area contributed by atoms with Gasteiger partial charge in [0.1, 0.15) is 0 Å². The first kappa shape index (κ1) is 16.1. The van der Waals surface area contributed by atoms with Gasteiger partial charge >= 0.3 is 0 Å². The van der Waals surface area contributed by atoms with Crippen molar-refractivity contribution in [3.05, 3.63) is 0 Å². The molecule has 2 unspecified atom stereocenters. The maximum atomic E-state index is 12.2. The molecular weight excluding hydrogens is 242 g/mol. The monoisotopic (exact) mass is 269 g/mol. The largest absolute Gasteiger partial charge is 0.308 e. The van der Waals surface area contributed by atoms with Gasteiger partial charge in [-0.3, -0.25) is 14.5 Å². The van der Waals surface area contributed by atoms with Gasteiger partial charge in [-0.1, -0.05) is 20.8 Å². The van der Waals surface area contributed by atoms with Crippen LogP contribution in [0.4, 0.5) is 0 Å². The molecule has 1 aliphatic heterocycles. The second-order valence-corrected chi connectivity index (χ2v) is 5.92. The number of nitrogens with zero attached hydrogens (tertiary/aromatic N) is 2. The Morgan fingerprint density at radius 1 is 1.37 bits per heavy atom. The SMILES string of the molecule is CCCN1C(=O)CC(NC(CN(C)C)C(C)C)C1=O. The van der Waals surface area contributed by atoms with Gasteiger partial charge < -0.3 is 10.2 Å². The Morgan fingerprint density at radius 3 is 2.47 bits per heavy atom. The number of likely N-dealkylation sites (N-methyl/N-ethyl adjacent to an activating group) is 1. The summed E-state index contributed by atoms with van der Waals surface area (Å²) in [5, 5.41) is 3.36. The molecule has 0 spiro atoms. The highest BCUT2D eigenvalue weighted by Crippen LogP contribution is 2.15. The van der Waals surface area contributed by atoms with Gasteiger partial charge in [-0.05, 0) is 26.4 Å². The first-order valence-electron chi connectivity index (χ1n) is 7.11. The number of carbonyl (C=O) groups is 2. The van der Waals surface area contributed by atoms with E-state index in [1.54, 1.807) is 0 Å². The molecule has 2 atom stereocenters. The van der Waals surface area contributed by atoms with E-state index in [9.17, 15) is 9.59 Å². The fourth-order valence-electron chi connectivity index (χ4n) is 2.38. The lowest BCUT2D eigenvalue weighted by Gasteiger charge is -2.28. The van der Waals surface area contributed by atoms with Crippen LogP contribution in [0.5, 0.6) is 0 Å². The third kappa shape index (κ3) is 4.28. The first-order chi connectivity index (χ1) is 8.86. The van der Waals surface area contributed by atoms with Crippen LogP contribution in [0.25, 0.3) is 0 Å². The van der Waals surface area contributed by atoms with Crippen molar-refractivity contribution in [2.75, 3.05) is 27.2 Å². The average molecular weight is 269 g/mol. The molecule has 0 saturated carbocycles. The maximum Gasteiger partial charge on any atom is 0.246 e. The lowest BCUT2D eigenvalue weighted by molar-refractivity contribution is -0.138. The van der Waals surface area contributed by atoms with Crippen LogP contribution in [-0.2, 0) is 9.59 Å². The summed E-state index contributed by atoms with van der Waals surface area (Å²) in [7, 11) is 4.03. The lowest BCUT2D eigenvalue weighted by atomic mass is 10.0. The van der Waals surface area contributed by atoms with Gasteiger partial charge in [0.05, 0.1) is 12.5 Å². The van der Waals surface area contributed by atoms with Crippen LogP contribution in [0.1, 0.15) is 33.6 Å². The number of hydrogen-bond acceptors (Lipinski definition) is 4. The third-order valence-electron chi connectivity index (χ3n) is 3.47. The van der Waals surface area contributed by atoms with E-state index < -0.39 is 0 Å². The molecule has 1 rings (SSSR count). The van der Waals surface area contributed by atoms with Crippen molar-refractivity contribution in [1.82, 2.24) is 15.1 Å². The van der Waals surface area contributed by atoms with E-state index in [1.807, 2.05) is 21.0 Å². The molecule has 0 aromatic carbocycles. The molecule has 1 heterocycles. The van der Waals surface area contributed by atoms with Crippen molar-refractivity contribution in [1.29, 1.82) is 0 Å². The van der Waals surface area contributed by atoms with E-state index >= 15 is 0 Å². The number of amides is 2. The zero-order valence-electron chi connectivity index (χ0n) is 12.8. The summed E-state index contributed by atoms with van der Waals surface area (Å²) in [5.74, 6) is 0.318. The average Bonchev–Trinajstić information content (AvgIpc) is 2.56. The fraction of sp³-hybridized carbons (Fsp3) is 0.857. The van der Waals surface area contributed by atoms with E-state index in [0.717, 1.165) is 13.0 Å². The Hall–Kier alpha value is -0.940. The van der Waals surface area contributed by atoms with Crippen LogP contribution < -0.4 is 5.32 Å². The van der Waals surface area contributed by atoms with Crippen molar-refractivity contribution in [2.24, 2.45) is 5.92 Å². The molecule has 1 saturated heterocycles. The zero-order chi connectivity index (χ0) is 14.6. The Balaban J connectivity index is 2.65. The predicted molar refractivity (Wildman–Crippen MR) is 75.7 cm³/mol. The molecule has 0 radical (unpaired) electrons. The number of carbonyl (C=O) groups excluding carboxylic acids is 2. The normalized spacial score (nSPS) is 21.8. The second kappa shape index (κ2) is 7.01. The Bertz CT molecular complexity index is 329. The molecule has 5 nitrogen and oxygen atoms in total. The number of rotatable bonds is 7. The van der Waals surface area contributed by atoms with Crippen LogP contribution in [-0.4, -0.2) is 60.9 Å². The number of nitrogens with one attached hydrogen (secondary N) is 1. The Labute approximate surface area is 116 Å². The van der Waals surface area contributed by atoms with Crippen molar-refractivity contribution in [3.63, 3.8) is 0 Å². The van der Waals surface area contributed by atoms with Crippen LogP contribution in [0, 0.1) is 5.92 Å². The zero-order valence-corrected chi connectivity index (χ0v) is 12.8. The minimum Gasteiger partial charge on any atom is -0.308 e. The molecule has 0 bridgehead atoms. The standard InChI is InChI=1S/C14H27N3O2/c1-6-7-17-13(18)8-11(14(17)19)15-12(10(2)3)9-16(4)5/h10-12,15H,6-9H2,1-5H3. The summed E-state index contributed by atoms with van der Waals surface area (Å²) >= 11 is 0. The van der Waals surface area contributed by atoms with E-state index in [0.29, 0.717) is 18.9 Å². The third-order valence-corrected chi connectivity index (χ3v) is 3.47. The maximum absolute atomic E-state index is 12.2. The van der Waals surface area contributed by atoms with Crippen molar-refractivity contribution >= 4 is 11.8 Å². The van der Waals surface area contributed by atoms with E-state index in [2.05, 4.69) is 24.1 Å². The van der Waals surface area contributed by atoms with Gasteiger partial charge in [0, 0.05) is 19.1 Å². The van der Waals surface area contributed by atoms with Crippen molar-refractivity contribution in [3.8, 4) is 0 Å². The highest BCUT2D eigenvalue weighted by atomic mass is 16.2. The minimum atomic E-state index is -0.341. The van der Waals surface area contributed by atoms with Crippen LogP contribution >= 0.6 is 0 Å². The molecule has 110 valence electrons. The molecule has 0 aliphatic carbocycles. The van der Waals surface area contributed by atoms with E-state index in [1.165, 1.54) is 4.90 Å². The van der Waals surface area contributed by atoms with Crippen LogP contribution in [0.2, 0.25) is 0 Å². The number of hydrogen-bond donors (Lipinski definition) is 1. The highest BCUT2D eigenvalue weighted by molar-refractivity contribution is 6.05. The van der Waals surface area contributed by atoms with Gasteiger partial charge in [-0.2, -0.15) is 0 Å². The highest BCUT2D eigenvalue weighted by Gasteiger charge is 2.39. The van der Waals surface area contributed by atoms with Gasteiger partial charge in [-0.15, -0.1) is 0 Å². The Kier molecular flexibility index (Phi) is 5.94. The topological polar surface area (TPSA) is 52.7 Å². The van der Waals surface area contributed by atoms with Crippen molar-refractivity contribution in [2.45, 2.75) is 45.7 Å². The predicted octanol–water partition coefficient (Wildman–Crippen LogP) is 0.700. The van der Waals surface area contributed by atoms with Gasteiger partial charge in [-0.25, -0.2) is 0 Å². The fourth-order valence-corrected chi connectivity index (χ4v) is 2.38. The van der Waals surface area contributed by atoms with E-state index in [-0.39, 0.29) is 23.9 Å². The lowest BCUT2D eigenvalue weighted by Crippen LogP contribution is -2.49. The summed E-state index contributed by atoms with van der Waals surface area (Å²) in [6.45, 7) is 7.64. The molecule has 0 aromatic heterocycles. The van der Waals surface area contributed by atoms with Gasteiger partial charge in [0.2, 0.25) is 11.8 Å². The Morgan fingerprint density at radius 2 is 2.00 bits per heavy atom. The van der Waals surface area contributed by atoms with Gasteiger partial charge in [0.15, 0.2) is 0 Å². The van der Waals surface area contributed by atoms with Crippen molar-refractivity contribution < 1.29 is 9.59 Å². The summed E-state index contributed by atoms with van der Waals surface area (Å²) in [4.78, 5) is 27.5. The molecule has 1 aliphatic rings. The molecule has 0 aromatic rings. The molecule has 1 N–H and O–H groups in total. The summed E-state index contributed by atoms with van der Waals surface area (Å²) < 4.78 is 0. The first-order valence-corrected chi connectivity index (χ1v) is 7.11. The summed E-state index contributed by atoms with van der Waals surface area (Å²) in [6.07, 6.45) is 1.12.